The zero-order chi connectivity index (χ0) is 7.56. The van der Waals surface area contributed by atoms with Crippen LogP contribution in [0.2, 0.25) is 0 Å². The zero-order valence-corrected chi connectivity index (χ0v) is 5.54. The Morgan fingerprint density at radius 3 is 2.50 bits per heavy atom. The fourth-order valence-electron chi connectivity index (χ4n) is 0.745. The van der Waals surface area contributed by atoms with Crippen LogP contribution >= 0.6 is 0 Å². The van der Waals surface area contributed by atoms with Crippen LogP contribution in [0.5, 0.6) is 0 Å². The molecule has 52 valence electrons. The zero-order valence-electron chi connectivity index (χ0n) is 5.54. The van der Waals surface area contributed by atoms with Gasteiger partial charge in [0.25, 0.3) is 0 Å². The van der Waals surface area contributed by atoms with E-state index in [0.717, 1.165) is 5.56 Å². The summed E-state index contributed by atoms with van der Waals surface area (Å²) in [4.78, 5) is 0. The lowest BCUT2D eigenvalue weighted by molar-refractivity contribution is -0.104. The van der Waals surface area contributed by atoms with Crippen molar-refractivity contribution in [3.63, 3.8) is 0 Å². The molecule has 10 heavy (non-hydrogen) atoms. The molecule has 0 saturated heterocycles. The molecule has 0 bridgehead atoms. The molecule has 0 heterocycles. The van der Waals surface area contributed by atoms with E-state index in [2.05, 4.69) is 0 Å². The third-order valence-corrected chi connectivity index (χ3v) is 1.29. The molecular formula is C7H10N3+. The highest BCUT2D eigenvalue weighted by atomic mass is 14.6. The van der Waals surface area contributed by atoms with E-state index < -0.39 is 0 Å². The molecule has 3 nitrogen and oxygen atoms in total. The van der Waals surface area contributed by atoms with E-state index in [4.69, 9.17) is 16.9 Å². The molecular weight excluding hydrogens is 126 g/mol. The highest BCUT2D eigenvalue weighted by Crippen LogP contribution is 2.12. The van der Waals surface area contributed by atoms with E-state index in [1.165, 1.54) is 6.21 Å². The summed E-state index contributed by atoms with van der Waals surface area (Å²) in [6.45, 7) is 0. The average Bonchev–Trinajstić information content (AvgIpc) is 1.88. The minimum atomic E-state index is 0.613. The molecule has 1 aromatic rings. The van der Waals surface area contributed by atoms with Gasteiger partial charge >= 0.3 is 0 Å². The Morgan fingerprint density at radius 2 is 2.00 bits per heavy atom. The Hall–Kier alpha value is -1.51. The summed E-state index contributed by atoms with van der Waals surface area (Å²) in [6.07, 6.45) is 1.45. The molecule has 1 rings (SSSR count). The summed E-state index contributed by atoms with van der Waals surface area (Å²) < 4.78 is 0. The third-order valence-electron chi connectivity index (χ3n) is 1.29. The number of rotatable bonds is 1. The first-order valence-corrected chi connectivity index (χ1v) is 2.94. The molecule has 6 N–H and O–H groups in total. The van der Waals surface area contributed by atoms with Gasteiger partial charge in [0.1, 0.15) is 0 Å². The first-order chi connectivity index (χ1) is 4.74. The fourth-order valence-corrected chi connectivity index (χ4v) is 0.745. The van der Waals surface area contributed by atoms with E-state index in [0.29, 0.717) is 11.4 Å². The van der Waals surface area contributed by atoms with Gasteiger partial charge < -0.3 is 11.5 Å². The van der Waals surface area contributed by atoms with Gasteiger partial charge in [0.2, 0.25) is 0 Å². The van der Waals surface area contributed by atoms with E-state index in [1.54, 1.807) is 18.2 Å². The van der Waals surface area contributed by atoms with Crippen LogP contribution in [0.3, 0.4) is 0 Å². The molecule has 0 atom stereocenters. The van der Waals surface area contributed by atoms with Crippen molar-refractivity contribution >= 4 is 17.6 Å². The second-order valence-corrected chi connectivity index (χ2v) is 2.06. The number of nitrogens with two attached hydrogens (primary N) is 3. The SMILES string of the molecule is Nc1ccc(C=[NH2+])c(N)c1. The molecule has 0 aliphatic heterocycles. The van der Waals surface area contributed by atoms with Crippen molar-refractivity contribution in [1.29, 1.82) is 0 Å². The lowest BCUT2D eigenvalue weighted by atomic mass is 10.2. The Morgan fingerprint density at radius 1 is 1.30 bits per heavy atom. The van der Waals surface area contributed by atoms with Crippen molar-refractivity contribution in [1.82, 2.24) is 0 Å². The molecule has 1 aromatic carbocycles. The van der Waals surface area contributed by atoms with Gasteiger partial charge in [0.15, 0.2) is 6.21 Å². The second-order valence-electron chi connectivity index (χ2n) is 2.06. The second kappa shape index (κ2) is 2.39. The van der Waals surface area contributed by atoms with Crippen LogP contribution in [0.1, 0.15) is 5.56 Å². The normalized spacial score (nSPS) is 9.20. The molecule has 0 fully saturated rings. The summed E-state index contributed by atoms with van der Waals surface area (Å²) in [5.74, 6) is 0. The highest BCUT2D eigenvalue weighted by Gasteiger charge is 1.96. The Labute approximate surface area is 59.2 Å². The number of benzene rings is 1. The summed E-state index contributed by atoms with van der Waals surface area (Å²) in [7, 11) is 0. The van der Waals surface area contributed by atoms with E-state index in [-0.39, 0.29) is 0 Å². The van der Waals surface area contributed by atoms with E-state index in [9.17, 15) is 0 Å². The van der Waals surface area contributed by atoms with Crippen LogP contribution in [0.25, 0.3) is 0 Å². The molecule has 0 radical (unpaired) electrons. The number of hydrogen-bond donors (Lipinski definition) is 3. The van der Waals surface area contributed by atoms with Crippen LogP contribution in [-0.4, -0.2) is 6.21 Å². The summed E-state index contributed by atoms with van der Waals surface area (Å²) in [5, 5.41) is 5.25. The lowest BCUT2D eigenvalue weighted by Gasteiger charge is -1.96. The van der Waals surface area contributed by atoms with Crippen molar-refractivity contribution < 1.29 is 5.41 Å². The number of anilines is 2. The monoisotopic (exact) mass is 136 g/mol. The molecule has 0 aromatic heterocycles. The maximum Gasteiger partial charge on any atom is 0.169 e. The minimum absolute atomic E-state index is 0.613. The standard InChI is InChI=1S/C7H9N3/c8-4-5-1-2-6(9)3-7(5)10/h1-4,8H,9-10H2/p+1. The van der Waals surface area contributed by atoms with Crippen LogP contribution in [0.4, 0.5) is 11.4 Å². The van der Waals surface area contributed by atoms with Crippen LogP contribution in [-0.2, 0) is 0 Å². The van der Waals surface area contributed by atoms with Gasteiger partial charge in [-0.1, -0.05) is 0 Å². The van der Waals surface area contributed by atoms with Gasteiger partial charge in [-0.25, -0.2) is 0 Å². The molecule has 3 heteroatoms. The van der Waals surface area contributed by atoms with E-state index in [1.807, 2.05) is 0 Å². The van der Waals surface area contributed by atoms with Gasteiger partial charge in [-0.15, -0.1) is 0 Å². The number of nitrogen functional groups attached to an aromatic ring is 2. The van der Waals surface area contributed by atoms with Crippen molar-refractivity contribution in [3.05, 3.63) is 23.8 Å². The predicted octanol–water partition coefficient (Wildman–Crippen LogP) is -0.971. The molecule has 0 aliphatic rings. The van der Waals surface area contributed by atoms with Crippen LogP contribution < -0.4 is 16.9 Å². The predicted molar refractivity (Wildman–Crippen MR) is 42.4 cm³/mol. The largest absolute Gasteiger partial charge is 0.399 e. The molecule has 0 spiro atoms. The quantitative estimate of drug-likeness (QED) is 0.343. The Bertz CT molecular complexity index is 255. The van der Waals surface area contributed by atoms with Gasteiger partial charge in [-0.05, 0) is 18.2 Å². The van der Waals surface area contributed by atoms with Crippen molar-refractivity contribution in [2.75, 3.05) is 11.5 Å². The van der Waals surface area contributed by atoms with Crippen molar-refractivity contribution in [2.45, 2.75) is 0 Å². The third kappa shape index (κ3) is 1.07. The van der Waals surface area contributed by atoms with Gasteiger partial charge in [-0.3, -0.25) is 5.41 Å². The van der Waals surface area contributed by atoms with E-state index >= 15 is 0 Å². The van der Waals surface area contributed by atoms with Gasteiger partial charge in [0.05, 0.1) is 5.56 Å². The summed E-state index contributed by atoms with van der Waals surface area (Å²) in [6, 6.07) is 5.22. The summed E-state index contributed by atoms with van der Waals surface area (Å²) in [5.41, 5.74) is 13.1. The van der Waals surface area contributed by atoms with Crippen LogP contribution in [0, 0.1) is 0 Å². The molecule has 0 unspecified atom stereocenters. The highest BCUT2D eigenvalue weighted by molar-refractivity contribution is 5.84. The average molecular weight is 136 g/mol. The summed E-state index contributed by atoms with van der Waals surface area (Å²) >= 11 is 0. The first kappa shape index (κ1) is 6.61. The Balaban J connectivity index is 3.19. The topological polar surface area (TPSA) is 77.6 Å². The fraction of sp³-hybridized carbons (Fsp3) is 0. The molecule has 0 saturated carbocycles. The minimum Gasteiger partial charge on any atom is -0.399 e. The lowest BCUT2D eigenvalue weighted by Crippen LogP contribution is -2.30. The molecule has 0 aliphatic carbocycles. The number of hydrogen-bond acceptors (Lipinski definition) is 2. The van der Waals surface area contributed by atoms with Gasteiger partial charge in [0, 0.05) is 11.4 Å². The first-order valence-electron chi connectivity index (χ1n) is 2.94. The maximum absolute atomic E-state index is 5.54. The Kier molecular flexibility index (Phi) is 1.58. The smallest absolute Gasteiger partial charge is 0.169 e. The van der Waals surface area contributed by atoms with Gasteiger partial charge in [-0.2, -0.15) is 0 Å². The van der Waals surface area contributed by atoms with Crippen molar-refractivity contribution in [2.24, 2.45) is 0 Å². The maximum atomic E-state index is 5.54. The van der Waals surface area contributed by atoms with Crippen LogP contribution in [0.15, 0.2) is 18.2 Å². The van der Waals surface area contributed by atoms with Crippen molar-refractivity contribution in [3.8, 4) is 0 Å². The molecule has 0 amide bonds.